The van der Waals surface area contributed by atoms with Crippen molar-refractivity contribution in [1.82, 2.24) is 0 Å². The third-order valence-corrected chi connectivity index (χ3v) is 1.70. The van der Waals surface area contributed by atoms with E-state index in [1.165, 1.54) is 0 Å². The average Bonchev–Trinajstić information content (AvgIpc) is 2.17. The fourth-order valence-electron chi connectivity index (χ4n) is 0.928. The number of rotatable bonds is 2. The zero-order valence-corrected chi connectivity index (χ0v) is 6.95. The van der Waals surface area contributed by atoms with Gasteiger partial charge in [-0.05, 0) is 6.92 Å². The van der Waals surface area contributed by atoms with Gasteiger partial charge in [-0.25, -0.2) is 0 Å². The van der Waals surface area contributed by atoms with Crippen LogP contribution < -0.4 is 0 Å². The van der Waals surface area contributed by atoms with Gasteiger partial charge in [0.15, 0.2) is 5.78 Å². The summed E-state index contributed by atoms with van der Waals surface area (Å²) in [4.78, 5) is 11.4. The van der Waals surface area contributed by atoms with Gasteiger partial charge in [0.05, 0.1) is 5.92 Å². The van der Waals surface area contributed by atoms with Gasteiger partial charge in [-0.1, -0.05) is 36.3 Å². The number of benzene rings is 1. The fourth-order valence-corrected chi connectivity index (χ4v) is 0.928. The minimum absolute atomic E-state index is 0.0121. The summed E-state index contributed by atoms with van der Waals surface area (Å²) in [6, 6.07) is 9.08. The van der Waals surface area contributed by atoms with E-state index >= 15 is 0 Å². The molecule has 0 spiro atoms. The van der Waals surface area contributed by atoms with Crippen LogP contribution in [0.1, 0.15) is 17.3 Å². The predicted octanol–water partition coefficient (Wildman–Crippen LogP) is 2.14. The zero-order chi connectivity index (χ0) is 8.97. The maximum atomic E-state index is 11.4. The maximum Gasteiger partial charge on any atom is 0.177 e. The fraction of sp³-hybridized carbons (Fsp3) is 0.182. The van der Waals surface area contributed by atoms with Crippen molar-refractivity contribution in [2.24, 2.45) is 5.92 Å². The molecule has 1 rings (SSSR count). The molecule has 0 amide bonds. The molecule has 0 heterocycles. The molecular formula is C11H10O. The lowest BCUT2D eigenvalue weighted by molar-refractivity contribution is 0.0957. The monoisotopic (exact) mass is 158 g/mol. The smallest absolute Gasteiger partial charge is 0.177 e. The first-order valence-electron chi connectivity index (χ1n) is 3.81. The number of Topliss-reactive ketones (excluding diaryl/α,β-unsaturated/α-hetero) is 1. The van der Waals surface area contributed by atoms with E-state index in [9.17, 15) is 4.79 Å². The molecule has 0 unspecified atom stereocenters. The summed E-state index contributed by atoms with van der Waals surface area (Å²) in [5, 5.41) is 0. The summed E-state index contributed by atoms with van der Waals surface area (Å²) in [7, 11) is 0. The molecule has 0 fully saturated rings. The van der Waals surface area contributed by atoms with Crippen LogP contribution in [0.4, 0.5) is 0 Å². The van der Waals surface area contributed by atoms with Crippen LogP contribution >= 0.6 is 0 Å². The summed E-state index contributed by atoms with van der Waals surface area (Å²) < 4.78 is 0. The molecule has 0 bridgehead atoms. The zero-order valence-electron chi connectivity index (χ0n) is 6.95. The highest BCUT2D eigenvalue weighted by Gasteiger charge is 2.10. The normalized spacial score (nSPS) is 11.7. The highest BCUT2D eigenvalue weighted by Crippen LogP contribution is 2.06. The van der Waals surface area contributed by atoms with Gasteiger partial charge in [0.1, 0.15) is 0 Å². The average molecular weight is 158 g/mol. The summed E-state index contributed by atoms with van der Waals surface area (Å²) >= 11 is 0. The number of carbonyl (C=O) groups is 1. The predicted molar refractivity (Wildman–Crippen MR) is 48.8 cm³/mol. The van der Waals surface area contributed by atoms with Crippen molar-refractivity contribution >= 4 is 5.78 Å². The van der Waals surface area contributed by atoms with Crippen molar-refractivity contribution < 1.29 is 4.79 Å². The minimum Gasteiger partial charge on any atom is -0.293 e. The van der Waals surface area contributed by atoms with E-state index in [1.54, 1.807) is 19.1 Å². The molecule has 0 aliphatic heterocycles. The SMILES string of the molecule is C#C[C@@H](C)C(=O)c1ccccc1. The molecular weight excluding hydrogens is 148 g/mol. The lowest BCUT2D eigenvalue weighted by atomic mass is 10.0. The summed E-state index contributed by atoms with van der Waals surface area (Å²) in [6.45, 7) is 1.73. The summed E-state index contributed by atoms with van der Waals surface area (Å²) in [6.07, 6.45) is 5.14. The Morgan fingerprint density at radius 1 is 1.42 bits per heavy atom. The van der Waals surface area contributed by atoms with Crippen LogP contribution in [0.2, 0.25) is 0 Å². The molecule has 1 heteroatoms. The number of hydrogen-bond acceptors (Lipinski definition) is 1. The Balaban J connectivity index is 2.88. The molecule has 0 N–H and O–H groups in total. The molecule has 0 aromatic heterocycles. The highest BCUT2D eigenvalue weighted by atomic mass is 16.1. The van der Waals surface area contributed by atoms with Gasteiger partial charge in [0.2, 0.25) is 0 Å². The highest BCUT2D eigenvalue weighted by molar-refractivity contribution is 5.99. The molecule has 1 aromatic carbocycles. The Morgan fingerprint density at radius 3 is 2.50 bits per heavy atom. The largest absolute Gasteiger partial charge is 0.293 e. The molecule has 0 saturated carbocycles. The molecule has 0 radical (unpaired) electrons. The van der Waals surface area contributed by atoms with Crippen molar-refractivity contribution in [2.75, 3.05) is 0 Å². The quantitative estimate of drug-likeness (QED) is 0.476. The summed E-state index contributed by atoms with van der Waals surface area (Å²) in [5.41, 5.74) is 0.683. The Kier molecular flexibility index (Phi) is 2.66. The molecule has 1 aromatic rings. The lowest BCUT2D eigenvalue weighted by Crippen LogP contribution is -2.08. The van der Waals surface area contributed by atoms with Crippen LogP contribution in [0.3, 0.4) is 0 Å². The van der Waals surface area contributed by atoms with E-state index in [0.29, 0.717) is 5.56 Å². The number of ketones is 1. The van der Waals surface area contributed by atoms with E-state index in [0.717, 1.165) is 0 Å². The second-order valence-corrected chi connectivity index (χ2v) is 2.62. The van der Waals surface area contributed by atoms with Crippen molar-refractivity contribution in [1.29, 1.82) is 0 Å². The van der Waals surface area contributed by atoms with Gasteiger partial charge < -0.3 is 0 Å². The molecule has 0 saturated heterocycles. The van der Waals surface area contributed by atoms with Crippen LogP contribution in [-0.2, 0) is 0 Å². The van der Waals surface area contributed by atoms with Crippen LogP contribution in [0, 0.1) is 18.3 Å². The van der Waals surface area contributed by atoms with Gasteiger partial charge >= 0.3 is 0 Å². The molecule has 0 aliphatic rings. The second kappa shape index (κ2) is 3.73. The third kappa shape index (κ3) is 1.73. The maximum absolute atomic E-state index is 11.4. The van der Waals surface area contributed by atoms with Gasteiger partial charge in [-0.3, -0.25) is 4.79 Å². The van der Waals surface area contributed by atoms with Crippen molar-refractivity contribution in [3.63, 3.8) is 0 Å². The van der Waals surface area contributed by atoms with Gasteiger partial charge in [0.25, 0.3) is 0 Å². The first kappa shape index (κ1) is 8.55. The Morgan fingerprint density at radius 2 is 2.00 bits per heavy atom. The van der Waals surface area contributed by atoms with E-state index in [1.807, 2.05) is 18.2 Å². The van der Waals surface area contributed by atoms with E-state index < -0.39 is 0 Å². The van der Waals surface area contributed by atoms with Crippen LogP contribution in [0.5, 0.6) is 0 Å². The molecule has 60 valence electrons. The number of terminal acetylenes is 1. The Bertz CT molecular complexity index is 306. The lowest BCUT2D eigenvalue weighted by Gasteiger charge is -2.01. The number of hydrogen-bond donors (Lipinski definition) is 0. The second-order valence-electron chi connectivity index (χ2n) is 2.62. The van der Waals surface area contributed by atoms with Gasteiger partial charge in [0, 0.05) is 5.56 Å². The van der Waals surface area contributed by atoms with Gasteiger partial charge in [-0.15, -0.1) is 6.42 Å². The van der Waals surface area contributed by atoms with Crippen molar-refractivity contribution in [3.05, 3.63) is 35.9 Å². The third-order valence-electron chi connectivity index (χ3n) is 1.70. The Hall–Kier alpha value is -1.55. The Labute approximate surface area is 72.4 Å². The summed E-state index contributed by atoms with van der Waals surface area (Å²) in [5.74, 6) is 2.10. The molecule has 12 heavy (non-hydrogen) atoms. The first-order chi connectivity index (χ1) is 5.75. The molecule has 1 nitrogen and oxygen atoms in total. The number of carbonyl (C=O) groups excluding carboxylic acids is 1. The topological polar surface area (TPSA) is 17.1 Å². The van der Waals surface area contributed by atoms with Crippen LogP contribution in [0.15, 0.2) is 30.3 Å². The van der Waals surface area contributed by atoms with Crippen LogP contribution in [0.25, 0.3) is 0 Å². The first-order valence-corrected chi connectivity index (χ1v) is 3.81. The van der Waals surface area contributed by atoms with Gasteiger partial charge in [-0.2, -0.15) is 0 Å². The van der Waals surface area contributed by atoms with Crippen molar-refractivity contribution in [2.45, 2.75) is 6.92 Å². The molecule has 0 aliphatic carbocycles. The van der Waals surface area contributed by atoms with Crippen molar-refractivity contribution in [3.8, 4) is 12.3 Å². The van der Waals surface area contributed by atoms with Crippen LogP contribution in [-0.4, -0.2) is 5.78 Å². The van der Waals surface area contributed by atoms with E-state index in [-0.39, 0.29) is 11.7 Å². The van der Waals surface area contributed by atoms with E-state index in [2.05, 4.69) is 5.92 Å². The standard InChI is InChI=1S/C11H10O/c1-3-9(2)11(12)10-7-5-4-6-8-10/h1,4-9H,2H3/t9-/m1/s1. The van der Waals surface area contributed by atoms with E-state index in [4.69, 9.17) is 6.42 Å². The minimum atomic E-state index is -0.326. The molecule has 1 atom stereocenters.